The summed E-state index contributed by atoms with van der Waals surface area (Å²) >= 11 is 0. The van der Waals surface area contributed by atoms with Gasteiger partial charge in [-0.2, -0.15) is 0 Å². The van der Waals surface area contributed by atoms with Gasteiger partial charge < -0.3 is 19.2 Å². The summed E-state index contributed by atoms with van der Waals surface area (Å²) in [4.78, 5) is 31.4. The van der Waals surface area contributed by atoms with Crippen LogP contribution in [0.15, 0.2) is 36.4 Å². The monoisotopic (exact) mass is 568 g/mol. The molecular weight excluding hydrogens is 520 g/mol. The fourth-order valence-corrected chi connectivity index (χ4v) is 6.12. The van der Waals surface area contributed by atoms with Gasteiger partial charge in [0, 0.05) is 18.5 Å². The molecule has 220 valence electrons. The fraction of sp³-hybridized carbons (Fsp3) is 0.594. The van der Waals surface area contributed by atoms with Crippen molar-refractivity contribution < 1.29 is 23.9 Å². The zero-order chi connectivity index (χ0) is 30.1. The second-order valence-corrected chi connectivity index (χ2v) is 18.6. The third-order valence-corrected chi connectivity index (χ3v) is 13.1. The van der Waals surface area contributed by atoms with Crippen LogP contribution in [0.5, 0.6) is 0 Å². The van der Waals surface area contributed by atoms with Crippen LogP contribution in [0, 0.1) is 5.41 Å². The van der Waals surface area contributed by atoms with Crippen molar-refractivity contribution in [3.8, 4) is 0 Å². The van der Waals surface area contributed by atoms with Crippen molar-refractivity contribution in [2.45, 2.75) is 110 Å². The number of carbonyl (C=O) groups is 2. The van der Waals surface area contributed by atoms with Crippen LogP contribution < -0.4 is 0 Å². The summed E-state index contributed by atoms with van der Waals surface area (Å²) in [6, 6.07) is 9.58. The predicted molar refractivity (Wildman–Crippen MR) is 164 cm³/mol. The van der Waals surface area contributed by atoms with Gasteiger partial charge in [-0.25, -0.2) is 4.79 Å². The molecule has 1 aliphatic rings. The number of amides is 1. The van der Waals surface area contributed by atoms with E-state index in [1.54, 1.807) is 11.9 Å². The van der Waals surface area contributed by atoms with E-state index >= 15 is 0 Å². The number of fused-ring (bicyclic) bond motifs is 1. The summed E-state index contributed by atoms with van der Waals surface area (Å²) in [5.41, 5.74) is 0.963. The Labute approximate surface area is 241 Å². The minimum absolute atomic E-state index is 0.117. The van der Waals surface area contributed by atoms with Crippen molar-refractivity contribution in [1.29, 1.82) is 0 Å². The molecular formula is C32H48N2O5Si. The van der Waals surface area contributed by atoms with Crippen LogP contribution in [-0.2, 0) is 14.0 Å². The maximum Gasteiger partial charge on any atom is 0.410 e. The highest BCUT2D eigenvalue weighted by Crippen LogP contribution is 2.43. The van der Waals surface area contributed by atoms with Gasteiger partial charge in [-0.15, -0.1) is 0 Å². The maximum atomic E-state index is 12.6. The first kappa shape index (κ1) is 31.8. The van der Waals surface area contributed by atoms with Crippen molar-refractivity contribution in [3.05, 3.63) is 47.7 Å². The Bertz CT molecular complexity index is 1250. The number of aliphatic carboxylic acids is 1. The molecule has 1 fully saturated rings. The van der Waals surface area contributed by atoms with E-state index in [-0.39, 0.29) is 17.2 Å². The van der Waals surface area contributed by atoms with Gasteiger partial charge in [-0.1, -0.05) is 51.1 Å². The van der Waals surface area contributed by atoms with E-state index in [1.807, 2.05) is 70.2 Å². The van der Waals surface area contributed by atoms with E-state index in [0.29, 0.717) is 12.8 Å². The van der Waals surface area contributed by atoms with Gasteiger partial charge in [0.2, 0.25) is 0 Å². The minimum atomic E-state index is -1.90. The van der Waals surface area contributed by atoms with Crippen LogP contribution in [0.25, 0.3) is 17.0 Å². The largest absolute Gasteiger partial charge is 0.481 e. The normalized spacial score (nSPS) is 21.4. The van der Waals surface area contributed by atoms with Crippen molar-refractivity contribution in [2.75, 3.05) is 7.05 Å². The molecule has 1 aromatic carbocycles. The van der Waals surface area contributed by atoms with Crippen LogP contribution in [0.1, 0.15) is 91.4 Å². The molecule has 0 unspecified atom stereocenters. The lowest BCUT2D eigenvalue weighted by Gasteiger charge is -2.42. The standard InChI is InChI=1S/C32H48N2O5Si/c1-22(34(8)29(37)38-30(2,3)4)26-14-13-24-12-11-23(21-27(24)33-26)15-18-32(28(35)36)19-16-25(17-20-32)39-40(9,10)31(5,6)7/h11-15,18,21-22,25H,16-17,19-20H2,1-10H3,(H,35,36)/b18-15+/t22-,25-,32+/m1/s1. The zero-order valence-electron chi connectivity index (χ0n) is 26.0. The number of aromatic nitrogens is 1. The molecule has 1 atom stereocenters. The Morgan fingerprint density at radius 1 is 1.10 bits per heavy atom. The number of carbonyl (C=O) groups excluding carboxylic acids is 1. The van der Waals surface area contributed by atoms with Gasteiger partial charge in [0.15, 0.2) is 8.32 Å². The minimum Gasteiger partial charge on any atom is -0.481 e. The average molecular weight is 569 g/mol. The van der Waals surface area contributed by atoms with Crippen LogP contribution in [0.3, 0.4) is 0 Å². The van der Waals surface area contributed by atoms with Crippen molar-refractivity contribution in [1.82, 2.24) is 9.88 Å². The smallest absolute Gasteiger partial charge is 0.410 e. The van der Waals surface area contributed by atoms with E-state index in [2.05, 4.69) is 33.9 Å². The fourth-order valence-electron chi connectivity index (χ4n) is 4.70. The number of carboxylic acids is 1. The van der Waals surface area contributed by atoms with Gasteiger partial charge in [0.05, 0.1) is 22.7 Å². The first-order valence-corrected chi connectivity index (χ1v) is 17.2. The SMILES string of the molecule is C[C@H](c1ccc2ccc(/C=C/[C@]3(C(=O)O)CC[C@@H](O[Si](C)(C)C(C)(C)C)CC3)cc2n1)N(C)C(=O)OC(C)(C)C. The van der Waals surface area contributed by atoms with E-state index in [4.69, 9.17) is 14.1 Å². The number of hydrogen-bond donors (Lipinski definition) is 1. The Balaban J connectivity index is 1.77. The molecule has 0 aliphatic heterocycles. The highest BCUT2D eigenvalue weighted by atomic mass is 28.4. The Kier molecular flexibility index (Phi) is 9.26. The number of ether oxygens (including phenoxy) is 1. The lowest BCUT2D eigenvalue weighted by Crippen LogP contribution is -2.46. The quantitative estimate of drug-likeness (QED) is 0.339. The molecule has 7 nitrogen and oxygen atoms in total. The molecule has 1 aliphatic carbocycles. The topological polar surface area (TPSA) is 89.0 Å². The number of nitrogens with zero attached hydrogens (tertiary/aromatic N) is 2. The number of rotatable bonds is 7. The highest BCUT2D eigenvalue weighted by Gasteiger charge is 2.44. The van der Waals surface area contributed by atoms with Crippen molar-refractivity contribution >= 4 is 37.4 Å². The Hall–Kier alpha value is -2.71. The summed E-state index contributed by atoms with van der Waals surface area (Å²) in [7, 11) is -0.192. The first-order valence-electron chi connectivity index (χ1n) is 14.3. The van der Waals surface area contributed by atoms with Gasteiger partial charge in [-0.05, 0) is 89.2 Å². The third-order valence-electron chi connectivity index (χ3n) is 8.54. The maximum absolute atomic E-state index is 12.6. The van der Waals surface area contributed by atoms with Crippen molar-refractivity contribution in [2.24, 2.45) is 5.41 Å². The lowest BCUT2D eigenvalue weighted by molar-refractivity contribution is -0.148. The van der Waals surface area contributed by atoms with E-state index in [0.717, 1.165) is 35.0 Å². The number of carboxylic acid groups (broad SMARTS) is 1. The average Bonchev–Trinajstić information content (AvgIpc) is 2.85. The summed E-state index contributed by atoms with van der Waals surface area (Å²) < 4.78 is 12.1. The lowest BCUT2D eigenvalue weighted by atomic mass is 9.73. The zero-order valence-corrected chi connectivity index (χ0v) is 27.0. The van der Waals surface area contributed by atoms with Crippen LogP contribution in [-0.4, -0.2) is 54.1 Å². The molecule has 1 N–H and O–H groups in total. The molecule has 3 rings (SSSR count). The molecule has 1 saturated carbocycles. The second-order valence-electron chi connectivity index (χ2n) is 13.8. The summed E-state index contributed by atoms with van der Waals surface area (Å²) in [5.74, 6) is -0.783. The van der Waals surface area contributed by atoms with Crippen molar-refractivity contribution in [3.63, 3.8) is 0 Å². The molecule has 2 aromatic rings. The molecule has 0 saturated heterocycles. The number of pyridine rings is 1. The summed E-state index contributed by atoms with van der Waals surface area (Å²) in [6.45, 7) is 18.6. The van der Waals surface area contributed by atoms with Crippen LogP contribution >= 0.6 is 0 Å². The van der Waals surface area contributed by atoms with E-state index in [9.17, 15) is 14.7 Å². The molecule has 0 radical (unpaired) electrons. The molecule has 1 heterocycles. The summed E-state index contributed by atoms with van der Waals surface area (Å²) in [6.07, 6.45) is 6.09. The number of hydrogen-bond acceptors (Lipinski definition) is 5. The van der Waals surface area contributed by atoms with Crippen LogP contribution in [0.2, 0.25) is 18.1 Å². The van der Waals surface area contributed by atoms with Gasteiger partial charge >= 0.3 is 12.1 Å². The molecule has 1 aromatic heterocycles. The molecule has 1 amide bonds. The third kappa shape index (κ3) is 7.52. The van der Waals surface area contributed by atoms with Crippen LogP contribution in [0.4, 0.5) is 4.79 Å². The Morgan fingerprint density at radius 3 is 2.25 bits per heavy atom. The molecule has 0 bridgehead atoms. The molecule has 0 spiro atoms. The van der Waals surface area contributed by atoms with Gasteiger partial charge in [0.1, 0.15) is 5.60 Å². The van der Waals surface area contributed by atoms with E-state index < -0.39 is 31.4 Å². The first-order chi connectivity index (χ1) is 18.3. The van der Waals surface area contributed by atoms with Gasteiger partial charge in [-0.3, -0.25) is 9.78 Å². The molecule has 8 heteroatoms. The second kappa shape index (κ2) is 11.6. The number of benzene rings is 1. The predicted octanol–water partition coefficient (Wildman–Crippen LogP) is 8.21. The Morgan fingerprint density at radius 2 is 1.70 bits per heavy atom. The highest BCUT2D eigenvalue weighted by molar-refractivity contribution is 6.74. The van der Waals surface area contributed by atoms with E-state index in [1.165, 1.54) is 0 Å². The summed E-state index contributed by atoms with van der Waals surface area (Å²) in [5, 5.41) is 11.3. The molecule has 40 heavy (non-hydrogen) atoms. The van der Waals surface area contributed by atoms with Gasteiger partial charge in [0.25, 0.3) is 0 Å².